The molecule has 1 rings (SSSR count). The van der Waals surface area contributed by atoms with Gasteiger partial charge in [-0.1, -0.05) is 39.7 Å². The summed E-state index contributed by atoms with van der Waals surface area (Å²) in [6, 6.07) is 2.92. The fourth-order valence-electron chi connectivity index (χ4n) is 2.33. The standard InChI is InChI=1S/C15H22BrF2N/c1-4-10(5-2)9-13(19-6-3)11-7-8-12(17)15(18)14(11)16/h7-8,10,13,19H,4-6,9H2,1-3H3. The van der Waals surface area contributed by atoms with Gasteiger partial charge in [0.1, 0.15) is 0 Å². The van der Waals surface area contributed by atoms with Crippen molar-refractivity contribution in [2.45, 2.75) is 46.1 Å². The van der Waals surface area contributed by atoms with Crippen molar-refractivity contribution in [3.63, 3.8) is 0 Å². The summed E-state index contributed by atoms with van der Waals surface area (Å²) in [6.45, 7) is 7.15. The zero-order valence-electron chi connectivity index (χ0n) is 11.8. The van der Waals surface area contributed by atoms with Crippen molar-refractivity contribution in [2.24, 2.45) is 5.92 Å². The predicted octanol–water partition coefficient (Wildman–Crippen LogP) is 5.20. The molecule has 108 valence electrons. The first-order chi connectivity index (χ1) is 9.04. The van der Waals surface area contributed by atoms with Gasteiger partial charge < -0.3 is 5.32 Å². The lowest BCUT2D eigenvalue weighted by molar-refractivity contribution is 0.373. The molecule has 0 radical (unpaired) electrons. The monoisotopic (exact) mass is 333 g/mol. The number of hydrogen-bond donors (Lipinski definition) is 1. The largest absolute Gasteiger partial charge is 0.310 e. The van der Waals surface area contributed by atoms with E-state index in [1.165, 1.54) is 6.07 Å². The predicted molar refractivity (Wildman–Crippen MR) is 79.2 cm³/mol. The van der Waals surface area contributed by atoms with Gasteiger partial charge in [-0.2, -0.15) is 0 Å². The van der Waals surface area contributed by atoms with Crippen LogP contribution in [0.2, 0.25) is 0 Å². The van der Waals surface area contributed by atoms with Crippen LogP contribution in [0.4, 0.5) is 8.78 Å². The van der Waals surface area contributed by atoms with Crippen molar-refractivity contribution in [1.82, 2.24) is 5.32 Å². The first-order valence-electron chi connectivity index (χ1n) is 6.91. The Morgan fingerprint density at radius 2 is 1.79 bits per heavy atom. The number of rotatable bonds is 7. The van der Waals surface area contributed by atoms with E-state index in [1.807, 2.05) is 6.92 Å². The van der Waals surface area contributed by atoms with Gasteiger partial charge in [-0.3, -0.25) is 0 Å². The first kappa shape index (κ1) is 16.6. The molecule has 1 aromatic rings. The van der Waals surface area contributed by atoms with Gasteiger partial charge in [0.05, 0.1) is 4.47 Å². The molecule has 0 amide bonds. The molecule has 0 fully saturated rings. The van der Waals surface area contributed by atoms with E-state index >= 15 is 0 Å². The van der Waals surface area contributed by atoms with E-state index in [0.717, 1.165) is 31.4 Å². The van der Waals surface area contributed by atoms with Gasteiger partial charge in [0.25, 0.3) is 0 Å². The summed E-state index contributed by atoms with van der Waals surface area (Å²) in [5.41, 5.74) is 0.799. The molecule has 19 heavy (non-hydrogen) atoms. The maximum Gasteiger partial charge on any atom is 0.173 e. The second-order valence-electron chi connectivity index (χ2n) is 4.79. The Hall–Kier alpha value is -0.480. The van der Waals surface area contributed by atoms with E-state index in [2.05, 4.69) is 35.1 Å². The molecule has 0 aliphatic rings. The highest BCUT2D eigenvalue weighted by atomic mass is 79.9. The summed E-state index contributed by atoms with van der Waals surface area (Å²) in [6.07, 6.45) is 3.13. The maximum absolute atomic E-state index is 13.6. The highest BCUT2D eigenvalue weighted by Crippen LogP contribution is 2.32. The summed E-state index contributed by atoms with van der Waals surface area (Å²) in [5.74, 6) is -1.03. The van der Waals surface area contributed by atoms with Crippen LogP contribution in [0.3, 0.4) is 0 Å². The number of hydrogen-bond acceptors (Lipinski definition) is 1. The average Bonchev–Trinajstić information content (AvgIpc) is 2.41. The van der Waals surface area contributed by atoms with Crippen LogP contribution in [0, 0.1) is 17.6 Å². The molecule has 0 saturated carbocycles. The molecule has 4 heteroatoms. The highest BCUT2D eigenvalue weighted by Gasteiger charge is 2.20. The lowest BCUT2D eigenvalue weighted by Gasteiger charge is -2.24. The molecule has 0 saturated heterocycles. The van der Waals surface area contributed by atoms with Crippen molar-refractivity contribution >= 4 is 15.9 Å². The van der Waals surface area contributed by atoms with Gasteiger partial charge in [0, 0.05) is 6.04 Å². The van der Waals surface area contributed by atoms with Crippen LogP contribution in [0.5, 0.6) is 0 Å². The minimum absolute atomic E-state index is 0.0550. The Kier molecular flexibility index (Phi) is 6.94. The van der Waals surface area contributed by atoms with E-state index < -0.39 is 11.6 Å². The van der Waals surface area contributed by atoms with Crippen LogP contribution in [0.15, 0.2) is 16.6 Å². The highest BCUT2D eigenvalue weighted by molar-refractivity contribution is 9.10. The van der Waals surface area contributed by atoms with Gasteiger partial charge in [-0.25, -0.2) is 8.78 Å². The lowest BCUT2D eigenvalue weighted by atomic mass is 9.91. The van der Waals surface area contributed by atoms with E-state index in [1.54, 1.807) is 6.07 Å². The molecule has 0 bridgehead atoms. The summed E-state index contributed by atoms with van der Waals surface area (Å²) in [4.78, 5) is 0. The molecular formula is C15H22BrF2N. The molecule has 1 N–H and O–H groups in total. The summed E-state index contributed by atoms with van der Waals surface area (Å²) in [5, 5.41) is 3.37. The van der Waals surface area contributed by atoms with Crippen LogP contribution in [-0.2, 0) is 0 Å². The van der Waals surface area contributed by atoms with Crippen molar-refractivity contribution in [1.29, 1.82) is 0 Å². The molecule has 0 aromatic heterocycles. The van der Waals surface area contributed by atoms with Crippen molar-refractivity contribution < 1.29 is 8.78 Å². The van der Waals surface area contributed by atoms with Crippen LogP contribution in [-0.4, -0.2) is 6.54 Å². The van der Waals surface area contributed by atoms with E-state index in [4.69, 9.17) is 0 Å². The quantitative estimate of drug-likeness (QED) is 0.676. The third-order valence-corrected chi connectivity index (χ3v) is 4.42. The van der Waals surface area contributed by atoms with Crippen molar-refractivity contribution in [2.75, 3.05) is 6.54 Å². The third-order valence-electron chi connectivity index (χ3n) is 3.61. The van der Waals surface area contributed by atoms with Gasteiger partial charge in [-0.15, -0.1) is 0 Å². The van der Waals surface area contributed by atoms with Crippen molar-refractivity contribution in [3.8, 4) is 0 Å². The minimum atomic E-state index is -0.812. The zero-order chi connectivity index (χ0) is 14.4. The Balaban J connectivity index is 3.02. The number of nitrogens with one attached hydrogen (secondary N) is 1. The topological polar surface area (TPSA) is 12.0 Å². The lowest BCUT2D eigenvalue weighted by Crippen LogP contribution is -2.24. The molecule has 0 spiro atoms. The van der Waals surface area contributed by atoms with Gasteiger partial charge in [0.2, 0.25) is 0 Å². The van der Waals surface area contributed by atoms with E-state index in [9.17, 15) is 8.78 Å². The summed E-state index contributed by atoms with van der Waals surface area (Å²) in [7, 11) is 0. The molecule has 1 unspecified atom stereocenters. The van der Waals surface area contributed by atoms with Gasteiger partial charge in [-0.05, 0) is 46.4 Å². The normalized spacial score (nSPS) is 13.0. The Morgan fingerprint density at radius 1 is 1.16 bits per heavy atom. The fourth-order valence-corrected chi connectivity index (χ4v) is 2.93. The molecule has 0 aliphatic carbocycles. The molecular weight excluding hydrogens is 312 g/mol. The Morgan fingerprint density at radius 3 is 2.32 bits per heavy atom. The van der Waals surface area contributed by atoms with Crippen molar-refractivity contribution in [3.05, 3.63) is 33.8 Å². The number of benzene rings is 1. The Labute approximate surface area is 122 Å². The third kappa shape index (κ3) is 4.25. The summed E-state index contributed by atoms with van der Waals surface area (Å²) >= 11 is 3.18. The Bertz CT molecular complexity index is 405. The average molecular weight is 334 g/mol. The van der Waals surface area contributed by atoms with Crippen LogP contribution >= 0.6 is 15.9 Å². The number of halogens is 3. The molecule has 1 aromatic carbocycles. The van der Waals surface area contributed by atoms with E-state index in [-0.39, 0.29) is 10.5 Å². The smallest absolute Gasteiger partial charge is 0.173 e. The van der Waals surface area contributed by atoms with Crippen LogP contribution in [0.1, 0.15) is 51.6 Å². The fraction of sp³-hybridized carbons (Fsp3) is 0.600. The van der Waals surface area contributed by atoms with Crippen LogP contribution < -0.4 is 5.32 Å². The summed E-state index contributed by atoms with van der Waals surface area (Å²) < 4.78 is 27.1. The minimum Gasteiger partial charge on any atom is -0.310 e. The zero-order valence-corrected chi connectivity index (χ0v) is 13.4. The van der Waals surface area contributed by atoms with Gasteiger partial charge in [0.15, 0.2) is 11.6 Å². The second kappa shape index (κ2) is 7.95. The maximum atomic E-state index is 13.6. The SMILES string of the molecule is CCNC(CC(CC)CC)c1ccc(F)c(F)c1Br. The second-order valence-corrected chi connectivity index (χ2v) is 5.59. The molecule has 1 atom stereocenters. The van der Waals surface area contributed by atoms with Gasteiger partial charge >= 0.3 is 0 Å². The molecule has 0 aliphatic heterocycles. The van der Waals surface area contributed by atoms with Crippen LogP contribution in [0.25, 0.3) is 0 Å². The molecule has 0 heterocycles. The molecule has 1 nitrogen and oxygen atoms in total. The van der Waals surface area contributed by atoms with E-state index in [0.29, 0.717) is 5.92 Å². The first-order valence-corrected chi connectivity index (χ1v) is 7.71.